The smallest absolute Gasteiger partial charge is 0.185 e. The third kappa shape index (κ3) is 3.01. The van der Waals surface area contributed by atoms with Crippen LogP contribution >= 0.6 is 0 Å². The number of hydrogen-bond acceptors (Lipinski definition) is 4. The van der Waals surface area contributed by atoms with Gasteiger partial charge in [0.1, 0.15) is 5.60 Å². The Bertz CT molecular complexity index is 549. The van der Waals surface area contributed by atoms with Crippen LogP contribution < -0.4 is 0 Å². The van der Waals surface area contributed by atoms with Crippen molar-refractivity contribution in [3.8, 4) is 0 Å². The van der Waals surface area contributed by atoms with Crippen LogP contribution in [0.5, 0.6) is 0 Å². The van der Waals surface area contributed by atoms with E-state index in [0.29, 0.717) is 17.6 Å². The van der Waals surface area contributed by atoms with Gasteiger partial charge in [0.05, 0.1) is 0 Å². The molecule has 1 heterocycles. The van der Waals surface area contributed by atoms with E-state index in [0.717, 1.165) is 30.7 Å². The van der Waals surface area contributed by atoms with Crippen molar-refractivity contribution in [2.24, 2.45) is 10.4 Å². The number of hydrogen-bond donors (Lipinski definition) is 1. The lowest BCUT2D eigenvalue weighted by molar-refractivity contribution is -0.291. The van der Waals surface area contributed by atoms with Crippen LogP contribution in [0.25, 0.3) is 0 Å². The fourth-order valence-electron chi connectivity index (χ4n) is 3.03. The lowest BCUT2D eigenvalue weighted by Gasteiger charge is -2.36. The first-order valence-electron chi connectivity index (χ1n) is 7.52. The Kier molecular flexibility index (Phi) is 4.22. The lowest BCUT2D eigenvalue weighted by atomic mass is 9.72. The van der Waals surface area contributed by atoms with Crippen LogP contribution in [-0.4, -0.2) is 28.9 Å². The minimum absolute atomic E-state index is 0.0469. The third-order valence-corrected chi connectivity index (χ3v) is 4.39. The molecule has 1 atom stereocenters. The maximum atomic E-state index is 12.7. The van der Waals surface area contributed by atoms with Gasteiger partial charge in [0.25, 0.3) is 0 Å². The standard InChI is InChI=1S/C17H25NO3/c1-11-13(9-12-7-6-8-18-12)17(5,21-20)10-14(15(11)19)16(2,3)4/h10,20H,6-9H2,1-5H3. The van der Waals surface area contributed by atoms with Crippen LogP contribution in [0.15, 0.2) is 27.8 Å². The Labute approximate surface area is 126 Å². The highest BCUT2D eigenvalue weighted by atomic mass is 17.1. The van der Waals surface area contributed by atoms with Gasteiger partial charge in [0.15, 0.2) is 5.78 Å². The summed E-state index contributed by atoms with van der Waals surface area (Å²) in [5.74, 6) is 0.0469. The molecule has 0 saturated carbocycles. The Morgan fingerprint density at radius 3 is 2.57 bits per heavy atom. The molecule has 1 aliphatic carbocycles. The molecule has 0 aromatic heterocycles. The molecule has 2 rings (SSSR count). The van der Waals surface area contributed by atoms with E-state index in [4.69, 9.17) is 4.89 Å². The molecule has 21 heavy (non-hydrogen) atoms. The van der Waals surface area contributed by atoms with E-state index < -0.39 is 5.60 Å². The number of rotatable bonds is 3. The van der Waals surface area contributed by atoms with Crippen LogP contribution in [0.1, 0.15) is 53.9 Å². The highest BCUT2D eigenvalue weighted by molar-refractivity contribution is 6.11. The number of carbonyl (C=O) groups is 1. The van der Waals surface area contributed by atoms with Gasteiger partial charge in [-0.15, -0.1) is 0 Å². The molecule has 4 nitrogen and oxygen atoms in total. The minimum Gasteiger partial charge on any atom is -0.294 e. The fraction of sp³-hybridized carbons (Fsp3) is 0.647. The van der Waals surface area contributed by atoms with Gasteiger partial charge >= 0.3 is 0 Å². The number of nitrogens with zero attached hydrogens (tertiary/aromatic N) is 1. The summed E-state index contributed by atoms with van der Waals surface area (Å²) in [6, 6.07) is 0. The average molecular weight is 291 g/mol. The van der Waals surface area contributed by atoms with Gasteiger partial charge in [-0.2, -0.15) is 0 Å². The molecule has 0 aromatic carbocycles. The highest BCUT2D eigenvalue weighted by Crippen LogP contribution is 2.41. The SMILES string of the molecule is CC1=C(CC2=NCCC2)C(C)(OO)C=C(C(C)(C)C)C1=O. The molecule has 4 heteroatoms. The van der Waals surface area contributed by atoms with Crippen molar-refractivity contribution in [3.05, 3.63) is 22.8 Å². The summed E-state index contributed by atoms with van der Waals surface area (Å²) >= 11 is 0. The first-order valence-corrected chi connectivity index (χ1v) is 7.52. The molecule has 0 fully saturated rings. The topological polar surface area (TPSA) is 58.9 Å². The van der Waals surface area contributed by atoms with Crippen molar-refractivity contribution in [2.75, 3.05) is 6.54 Å². The molecule has 2 aliphatic rings. The van der Waals surface area contributed by atoms with Crippen LogP contribution in [0.3, 0.4) is 0 Å². The molecule has 0 amide bonds. The van der Waals surface area contributed by atoms with Crippen molar-refractivity contribution in [1.82, 2.24) is 0 Å². The van der Waals surface area contributed by atoms with Gasteiger partial charge in [0.2, 0.25) is 0 Å². The largest absolute Gasteiger partial charge is 0.294 e. The molecular weight excluding hydrogens is 266 g/mol. The summed E-state index contributed by atoms with van der Waals surface area (Å²) in [6.45, 7) is 10.5. The number of ketones is 1. The highest BCUT2D eigenvalue weighted by Gasteiger charge is 2.40. The van der Waals surface area contributed by atoms with Gasteiger partial charge in [-0.1, -0.05) is 20.8 Å². The summed E-state index contributed by atoms with van der Waals surface area (Å²) < 4.78 is 0. The van der Waals surface area contributed by atoms with Crippen LogP contribution in [0, 0.1) is 5.41 Å². The van der Waals surface area contributed by atoms with Crippen molar-refractivity contribution >= 4 is 11.5 Å². The Balaban J connectivity index is 2.44. The Morgan fingerprint density at radius 1 is 1.43 bits per heavy atom. The number of allylic oxidation sites excluding steroid dienone is 2. The molecule has 1 N–H and O–H groups in total. The van der Waals surface area contributed by atoms with E-state index in [9.17, 15) is 10.1 Å². The van der Waals surface area contributed by atoms with E-state index >= 15 is 0 Å². The lowest BCUT2D eigenvalue weighted by Crippen LogP contribution is -2.38. The molecule has 0 spiro atoms. The predicted octanol–water partition coefficient (Wildman–Crippen LogP) is 3.73. The van der Waals surface area contributed by atoms with Crippen LogP contribution in [0.4, 0.5) is 0 Å². The third-order valence-electron chi connectivity index (χ3n) is 4.39. The van der Waals surface area contributed by atoms with E-state index in [2.05, 4.69) is 4.99 Å². The monoisotopic (exact) mass is 291 g/mol. The van der Waals surface area contributed by atoms with Crippen LogP contribution in [0.2, 0.25) is 0 Å². The molecule has 1 unspecified atom stereocenters. The van der Waals surface area contributed by atoms with Crippen LogP contribution in [-0.2, 0) is 9.68 Å². The summed E-state index contributed by atoms with van der Waals surface area (Å²) in [6.07, 6.45) is 4.40. The maximum absolute atomic E-state index is 12.7. The molecular formula is C17H25NO3. The minimum atomic E-state index is -0.953. The second kappa shape index (κ2) is 5.50. The number of aliphatic imine (C=N–C) groups is 1. The average Bonchev–Trinajstić information content (AvgIpc) is 2.91. The molecule has 0 saturated heterocycles. The normalized spacial score (nSPS) is 27.0. The second-order valence-electron chi connectivity index (χ2n) is 7.17. The van der Waals surface area contributed by atoms with E-state index in [1.807, 2.05) is 27.7 Å². The first kappa shape index (κ1) is 16.1. The first-order chi connectivity index (χ1) is 9.69. The summed E-state index contributed by atoms with van der Waals surface area (Å²) in [7, 11) is 0. The van der Waals surface area contributed by atoms with Gasteiger partial charge < -0.3 is 0 Å². The van der Waals surface area contributed by atoms with Gasteiger partial charge in [-0.25, -0.2) is 4.89 Å². The zero-order valence-corrected chi connectivity index (χ0v) is 13.6. The van der Waals surface area contributed by atoms with Crippen molar-refractivity contribution in [3.63, 3.8) is 0 Å². The van der Waals surface area contributed by atoms with Crippen molar-refractivity contribution in [2.45, 2.75) is 59.5 Å². The molecule has 0 radical (unpaired) electrons. The summed E-state index contributed by atoms with van der Waals surface area (Å²) in [5, 5.41) is 9.45. The quantitative estimate of drug-likeness (QED) is 0.636. The summed E-state index contributed by atoms with van der Waals surface area (Å²) in [5.41, 5.74) is 2.04. The molecule has 116 valence electrons. The van der Waals surface area contributed by atoms with E-state index in [1.54, 1.807) is 13.0 Å². The van der Waals surface area contributed by atoms with Gasteiger partial charge in [-0.3, -0.25) is 15.0 Å². The molecule has 0 bridgehead atoms. The second-order valence-corrected chi connectivity index (χ2v) is 7.17. The van der Waals surface area contributed by atoms with Crippen molar-refractivity contribution < 1.29 is 14.9 Å². The predicted molar refractivity (Wildman–Crippen MR) is 83.5 cm³/mol. The zero-order valence-electron chi connectivity index (χ0n) is 13.6. The number of Topliss-reactive ketones (excluding diaryl/α,β-unsaturated/α-hetero) is 1. The molecule has 1 aliphatic heterocycles. The van der Waals surface area contributed by atoms with Crippen molar-refractivity contribution in [1.29, 1.82) is 0 Å². The van der Waals surface area contributed by atoms with E-state index in [-0.39, 0.29) is 11.2 Å². The number of carbonyl (C=O) groups excluding carboxylic acids is 1. The molecule has 0 aromatic rings. The Morgan fingerprint density at radius 2 is 2.10 bits per heavy atom. The Hall–Kier alpha value is -1.26. The fourth-order valence-corrected chi connectivity index (χ4v) is 3.03. The van der Waals surface area contributed by atoms with Gasteiger partial charge in [0, 0.05) is 24.3 Å². The van der Waals surface area contributed by atoms with Gasteiger partial charge in [-0.05, 0) is 49.3 Å². The van der Waals surface area contributed by atoms with E-state index in [1.165, 1.54) is 0 Å². The zero-order chi connectivity index (χ0) is 15.8. The summed E-state index contributed by atoms with van der Waals surface area (Å²) in [4.78, 5) is 21.9. The maximum Gasteiger partial charge on any atom is 0.185 e.